The van der Waals surface area contributed by atoms with Gasteiger partial charge in [0.05, 0.1) is 11.4 Å². The molecule has 0 unspecified atom stereocenters. The van der Waals surface area contributed by atoms with Crippen molar-refractivity contribution in [3.8, 4) is 5.75 Å². The van der Waals surface area contributed by atoms with Gasteiger partial charge in [-0.25, -0.2) is 9.97 Å². The maximum atomic E-state index is 12.5. The summed E-state index contributed by atoms with van der Waals surface area (Å²) in [6.45, 7) is 1.76. The van der Waals surface area contributed by atoms with Crippen LogP contribution in [0.4, 0.5) is 19.0 Å². The average molecular weight is 364 g/mol. The van der Waals surface area contributed by atoms with E-state index in [1.54, 1.807) is 44.2 Å². The van der Waals surface area contributed by atoms with Crippen molar-refractivity contribution in [1.82, 2.24) is 15.0 Å². The Labute approximate surface area is 146 Å². The molecule has 2 aromatic heterocycles. The molecule has 0 aliphatic heterocycles. The third-order valence-electron chi connectivity index (χ3n) is 3.58. The molecule has 0 aliphatic carbocycles. The number of halogens is 3. The second-order valence-corrected chi connectivity index (χ2v) is 5.66. The molecule has 6 nitrogen and oxygen atoms in total. The zero-order valence-corrected chi connectivity index (χ0v) is 13.9. The summed E-state index contributed by atoms with van der Waals surface area (Å²) in [7, 11) is 0. The summed E-state index contributed by atoms with van der Waals surface area (Å²) in [5.74, 6) is -0.283. The van der Waals surface area contributed by atoms with Crippen molar-refractivity contribution >= 4 is 22.9 Å². The van der Waals surface area contributed by atoms with Crippen LogP contribution in [0.15, 0.2) is 30.3 Å². The number of aromatic nitrogens is 3. The van der Waals surface area contributed by atoms with Gasteiger partial charge in [0.1, 0.15) is 0 Å². The highest BCUT2D eigenvalue weighted by Gasteiger charge is 2.30. The van der Waals surface area contributed by atoms with Crippen molar-refractivity contribution in [2.75, 3.05) is 11.9 Å². The summed E-state index contributed by atoms with van der Waals surface area (Å²) in [4.78, 5) is 23.6. The number of hydrogen-bond donors (Lipinski definition) is 2. The molecule has 26 heavy (non-hydrogen) atoms. The summed E-state index contributed by atoms with van der Waals surface area (Å²) in [6.07, 6.45) is -4.47. The predicted octanol–water partition coefficient (Wildman–Crippen LogP) is 3.77. The van der Waals surface area contributed by atoms with Crippen molar-refractivity contribution in [2.24, 2.45) is 0 Å². The molecule has 3 aromatic rings. The number of H-pyrrole nitrogens is 1. The number of anilines is 1. The van der Waals surface area contributed by atoms with Crippen molar-refractivity contribution < 1.29 is 22.7 Å². The number of fused-ring (bicyclic) bond motifs is 1. The van der Waals surface area contributed by atoms with Crippen molar-refractivity contribution in [2.45, 2.75) is 20.0 Å². The Hall–Kier alpha value is -3.10. The van der Waals surface area contributed by atoms with E-state index in [1.807, 2.05) is 0 Å². The first-order chi connectivity index (χ1) is 12.2. The van der Waals surface area contributed by atoms with Gasteiger partial charge < -0.3 is 15.0 Å². The number of hydrogen-bond acceptors (Lipinski definition) is 4. The van der Waals surface area contributed by atoms with Crippen molar-refractivity contribution in [3.05, 3.63) is 47.3 Å². The quantitative estimate of drug-likeness (QED) is 0.739. The average Bonchev–Trinajstić information content (AvgIpc) is 2.87. The molecular formula is C17H15F3N4O2. The SMILES string of the molecule is Cc1nc2[nH]c(C)c(OCC(F)(F)F)c2nc1NC(=O)c1ccccc1. The van der Waals surface area contributed by atoms with Gasteiger partial charge in [-0.3, -0.25) is 4.79 Å². The van der Waals surface area contributed by atoms with Crippen LogP contribution in [0.2, 0.25) is 0 Å². The first-order valence-electron chi connectivity index (χ1n) is 7.67. The molecule has 0 saturated heterocycles. The van der Waals surface area contributed by atoms with E-state index in [4.69, 9.17) is 4.74 Å². The number of alkyl halides is 3. The molecule has 0 fully saturated rings. The summed E-state index contributed by atoms with van der Waals surface area (Å²) in [5.41, 5.74) is 1.63. The molecule has 0 saturated carbocycles. The highest BCUT2D eigenvalue weighted by atomic mass is 19.4. The topological polar surface area (TPSA) is 79.9 Å². The third kappa shape index (κ3) is 3.76. The molecular weight excluding hydrogens is 349 g/mol. The van der Waals surface area contributed by atoms with E-state index in [0.717, 1.165) is 0 Å². The standard InChI is InChI=1S/C17H15F3N4O2/c1-9-13(26-8-17(18,19)20)12-15(21-9)22-10(2)14(23-12)24-16(25)11-6-4-3-5-7-11/h3-7H,8H2,1-2H3,(H,21,22)(H,23,24,25). The fraction of sp³-hybridized carbons (Fsp3) is 0.235. The minimum absolute atomic E-state index is 0.0416. The number of nitrogens with zero attached hydrogens (tertiary/aromatic N) is 2. The monoisotopic (exact) mass is 364 g/mol. The van der Waals surface area contributed by atoms with Gasteiger partial charge in [-0.15, -0.1) is 0 Å². The summed E-state index contributed by atoms with van der Waals surface area (Å²) in [5, 5.41) is 2.62. The predicted molar refractivity (Wildman–Crippen MR) is 89.3 cm³/mol. The number of carbonyl (C=O) groups is 1. The lowest BCUT2D eigenvalue weighted by atomic mass is 10.2. The van der Waals surface area contributed by atoms with Crippen LogP contribution in [0, 0.1) is 13.8 Å². The summed E-state index contributed by atoms with van der Waals surface area (Å²) < 4.78 is 42.2. The highest BCUT2D eigenvalue weighted by Crippen LogP contribution is 2.30. The molecule has 0 spiro atoms. The maximum absolute atomic E-state index is 12.5. The number of carbonyl (C=O) groups excluding carboxylic acids is 1. The van der Waals surface area contributed by atoms with Gasteiger partial charge >= 0.3 is 6.18 Å². The van der Waals surface area contributed by atoms with Crippen LogP contribution in [-0.4, -0.2) is 33.6 Å². The van der Waals surface area contributed by atoms with E-state index < -0.39 is 18.7 Å². The van der Waals surface area contributed by atoms with E-state index in [0.29, 0.717) is 17.0 Å². The van der Waals surface area contributed by atoms with Crippen LogP contribution in [0.1, 0.15) is 21.7 Å². The smallest absolute Gasteiger partial charge is 0.422 e. The molecule has 3 rings (SSSR count). The van der Waals surface area contributed by atoms with E-state index in [2.05, 4.69) is 20.3 Å². The number of amides is 1. The molecule has 0 atom stereocenters. The van der Waals surface area contributed by atoms with Gasteiger partial charge in [0.25, 0.3) is 5.91 Å². The lowest BCUT2D eigenvalue weighted by Gasteiger charge is -2.10. The zero-order valence-electron chi connectivity index (χ0n) is 13.9. The maximum Gasteiger partial charge on any atom is 0.422 e. The van der Waals surface area contributed by atoms with Gasteiger partial charge in [-0.05, 0) is 26.0 Å². The first-order valence-corrected chi connectivity index (χ1v) is 7.67. The van der Waals surface area contributed by atoms with Gasteiger partial charge in [-0.2, -0.15) is 13.2 Å². The van der Waals surface area contributed by atoms with Crippen LogP contribution >= 0.6 is 0 Å². The van der Waals surface area contributed by atoms with E-state index in [-0.39, 0.29) is 22.7 Å². The zero-order chi connectivity index (χ0) is 18.9. The molecule has 2 N–H and O–H groups in total. The van der Waals surface area contributed by atoms with Crippen LogP contribution in [-0.2, 0) is 0 Å². The van der Waals surface area contributed by atoms with Crippen LogP contribution in [0.5, 0.6) is 5.75 Å². The van der Waals surface area contributed by atoms with Crippen LogP contribution in [0.25, 0.3) is 11.2 Å². The second-order valence-electron chi connectivity index (χ2n) is 5.66. The molecule has 1 aromatic carbocycles. The van der Waals surface area contributed by atoms with Gasteiger partial charge in [0, 0.05) is 5.56 Å². The fourth-order valence-electron chi connectivity index (χ4n) is 2.39. The summed E-state index contributed by atoms with van der Waals surface area (Å²) >= 11 is 0. The first kappa shape index (κ1) is 17.7. The summed E-state index contributed by atoms with van der Waals surface area (Å²) in [6, 6.07) is 8.48. The Morgan fingerprint density at radius 1 is 1.19 bits per heavy atom. The molecule has 2 heterocycles. The minimum atomic E-state index is -4.47. The number of rotatable bonds is 4. The Morgan fingerprint density at radius 2 is 1.88 bits per heavy atom. The van der Waals surface area contributed by atoms with Gasteiger partial charge in [0.2, 0.25) is 0 Å². The van der Waals surface area contributed by atoms with Crippen molar-refractivity contribution in [3.63, 3.8) is 0 Å². The molecule has 0 bridgehead atoms. The molecule has 0 aliphatic rings. The minimum Gasteiger partial charge on any atom is -0.480 e. The Kier molecular flexibility index (Phi) is 4.54. The second kappa shape index (κ2) is 6.66. The van der Waals surface area contributed by atoms with Crippen molar-refractivity contribution in [1.29, 1.82) is 0 Å². The lowest BCUT2D eigenvalue weighted by molar-refractivity contribution is -0.153. The number of ether oxygens (including phenoxy) is 1. The highest BCUT2D eigenvalue weighted by molar-refractivity contribution is 6.04. The molecule has 1 amide bonds. The Balaban J connectivity index is 1.94. The van der Waals surface area contributed by atoms with E-state index in [9.17, 15) is 18.0 Å². The number of aryl methyl sites for hydroxylation is 2. The van der Waals surface area contributed by atoms with Crippen LogP contribution < -0.4 is 10.1 Å². The van der Waals surface area contributed by atoms with E-state index >= 15 is 0 Å². The van der Waals surface area contributed by atoms with E-state index in [1.165, 1.54) is 0 Å². The largest absolute Gasteiger partial charge is 0.480 e. The lowest BCUT2D eigenvalue weighted by Crippen LogP contribution is -2.19. The normalized spacial score (nSPS) is 11.6. The Bertz CT molecular complexity index is 952. The number of aromatic amines is 1. The van der Waals surface area contributed by atoms with Gasteiger partial charge in [-0.1, -0.05) is 18.2 Å². The molecule has 0 radical (unpaired) electrons. The Morgan fingerprint density at radius 3 is 2.54 bits per heavy atom. The van der Waals surface area contributed by atoms with Crippen LogP contribution in [0.3, 0.4) is 0 Å². The third-order valence-corrected chi connectivity index (χ3v) is 3.58. The molecule has 9 heteroatoms. The van der Waals surface area contributed by atoms with Gasteiger partial charge in [0.15, 0.2) is 29.3 Å². The number of nitrogens with one attached hydrogen (secondary N) is 2. The fourth-order valence-corrected chi connectivity index (χ4v) is 2.39. The molecule has 136 valence electrons. The number of benzene rings is 1.